The number of carbonyl (C=O) groups is 2. The predicted octanol–water partition coefficient (Wildman–Crippen LogP) is 3.42. The highest BCUT2D eigenvalue weighted by molar-refractivity contribution is 8.26. The Hall–Kier alpha value is -2.88. The van der Waals surface area contributed by atoms with E-state index in [2.05, 4.69) is 0 Å². The van der Waals surface area contributed by atoms with Crippen LogP contribution < -0.4 is 14.4 Å². The molecular weight excluding hydrogens is 448 g/mol. The Morgan fingerprint density at radius 3 is 2.75 bits per heavy atom. The van der Waals surface area contributed by atoms with Gasteiger partial charge in [-0.15, -0.1) is 0 Å². The van der Waals surface area contributed by atoms with E-state index in [0.717, 1.165) is 11.3 Å². The minimum atomic E-state index is -0.166. The standard InChI is InChI=1S/C23H22N2O5S2/c26-12-11-24(17-5-2-1-3-6-17)21(27)7-4-10-25-22(28)20(32-23(25)31)14-16-8-9-18-19(13-16)30-15-29-18/h1-3,5-6,8-9,13-14,26H,4,7,10-12,15H2. The van der Waals surface area contributed by atoms with E-state index in [0.29, 0.717) is 33.7 Å². The lowest BCUT2D eigenvalue weighted by atomic mass is 10.2. The summed E-state index contributed by atoms with van der Waals surface area (Å²) in [5.41, 5.74) is 1.57. The number of aliphatic hydroxyl groups is 1. The van der Waals surface area contributed by atoms with Gasteiger partial charge in [0.25, 0.3) is 5.91 Å². The molecule has 0 aromatic heterocycles. The van der Waals surface area contributed by atoms with Gasteiger partial charge in [-0.05, 0) is 42.3 Å². The molecule has 4 rings (SSSR count). The summed E-state index contributed by atoms with van der Waals surface area (Å²) in [6.45, 7) is 0.651. The van der Waals surface area contributed by atoms with Gasteiger partial charge in [0.2, 0.25) is 12.7 Å². The predicted molar refractivity (Wildman–Crippen MR) is 128 cm³/mol. The lowest BCUT2D eigenvalue weighted by Crippen LogP contribution is -2.35. The molecule has 0 bridgehead atoms. The first-order valence-corrected chi connectivity index (χ1v) is 11.4. The van der Waals surface area contributed by atoms with Crippen molar-refractivity contribution in [3.63, 3.8) is 0 Å². The maximum atomic E-state index is 12.9. The summed E-state index contributed by atoms with van der Waals surface area (Å²) in [6.07, 6.45) is 2.50. The van der Waals surface area contributed by atoms with Crippen molar-refractivity contribution in [1.29, 1.82) is 0 Å². The number of carbonyl (C=O) groups excluding carboxylic acids is 2. The van der Waals surface area contributed by atoms with E-state index >= 15 is 0 Å². The molecule has 0 spiro atoms. The van der Waals surface area contributed by atoms with E-state index in [-0.39, 0.29) is 38.2 Å². The van der Waals surface area contributed by atoms with Crippen LogP contribution in [0.15, 0.2) is 53.4 Å². The number of para-hydroxylation sites is 1. The van der Waals surface area contributed by atoms with Crippen LogP contribution in [0.3, 0.4) is 0 Å². The number of hydrogen-bond donors (Lipinski definition) is 1. The van der Waals surface area contributed by atoms with E-state index < -0.39 is 0 Å². The molecule has 0 radical (unpaired) electrons. The molecular formula is C23H22N2O5S2. The van der Waals surface area contributed by atoms with Crippen LogP contribution in [-0.2, 0) is 9.59 Å². The smallest absolute Gasteiger partial charge is 0.266 e. The Morgan fingerprint density at radius 1 is 1.19 bits per heavy atom. The number of aliphatic hydroxyl groups excluding tert-OH is 1. The molecule has 2 aliphatic heterocycles. The van der Waals surface area contributed by atoms with Gasteiger partial charge >= 0.3 is 0 Å². The Kier molecular flexibility index (Phi) is 7.09. The van der Waals surface area contributed by atoms with Crippen LogP contribution in [0.25, 0.3) is 6.08 Å². The van der Waals surface area contributed by atoms with Crippen LogP contribution >= 0.6 is 24.0 Å². The second-order valence-electron chi connectivity index (χ2n) is 7.15. The van der Waals surface area contributed by atoms with E-state index in [9.17, 15) is 14.7 Å². The van der Waals surface area contributed by atoms with Crippen LogP contribution in [0.5, 0.6) is 11.5 Å². The molecule has 2 aromatic rings. The number of anilines is 1. The largest absolute Gasteiger partial charge is 0.454 e. The number of amides is 2. The van der Waals surface area contributed by atoms with Crippen molar-refractivity contribution in [2.75, 3.05) is 31.4 Å². The maximum absolute atomic E-state index is 12.9. The quantitative estimate of drug-likeness (QED) is 0.468. The van der Waals surface area contributed by atoms with E-state index in [1.165, 1.54) is 16.7 Å². The topological polar surface area (TPSA) is 79.3 Å². The molecule has 2 heterocycles. The van der Waals surface area contributed by atoms with Crippen LogP contribution in [0.4, 0.5) is 5.69 Å². The van der Waals surface area contributed by atoms with Gasteiger partial charge in [0.15, 0.2) is 11.5 Å². The van der Waals surface area contributed by atoms with Gasteiger partial charge in [-0.1, -0.05) is 48.2 Å². The van der Waals surface area contributed by atoms with Gasteiger partial charge in [0.1, 0.15) is 4.32 Å². The molecule has 2 aromatic carbocycles. The Bertz CT molecular complexity index is 1060. The molecule has 0 aliphatic carbocycles. The number of benzene rings is 2. The summed E-state index contributed by atoms with van der Waals surface area (Å²) in [7, 11) is 0. The fourth-order valence-corrected chi connectivity index (χ4v) is 4.78. The number of thiocarbonyl (C=S) groups is 1. The van der Waals surface area contributed by atoms with Crippen LogP contribution in [0.1, 0.15) is 18.4 Å². The van der Waals surface area contributed by atoms with Gasteiger partial charge in [-0.25, -0.2) is 0 Å². The van der Waals surface area contributed by atoms with E-state index in [1.54, 1.807) is 11.0 Å². The van der Waals surface area contributed by atoms with E-state index in [4.69, 9.17) is 21.7 Å². The fraction of sp³-hybridized carbons (Fsp3) is 0.261. The van der Waals surface area contributed by atoms with Crippen molar-refractivity contribution < 1.29 is 24.2 Å². The summed E-state index contributed by atoms with van der Waals surface area (Å²) < 4.78 is 11.2. The van der Waals surface area contributed by atoms with Gasteiger partial charge in [-0.3, -0.25) is 14.5 Å². The van der Waals surface area contributed by atoms with Gasteiger partial charge < -0.3 is 19.5 Å². The Balaban J connectivity index is 1.36. The van der Waals surface area contributed by atoms with Crippen molar-refractivity contribution >= 4 is 51.9 Å². The molecule has 1 saturated heterocycles. The molecule has 7 nitrogen and oxygen atoms in total. The van der Waals surface area contributed by atoms with Crippen molar-refractivity contribution in [2.45, 2.75) is 12.8 Å². The monoisotopic (exact) mass is 470 g/mol. The van der Waals surface area contributed by atoms with Crippen molar-refractivity contribution in [3.8, 4) is 11.5 Å². The number of hydrogen-bond acceptors (Lipinski definition) is 7. The third kappa shape index (κ3) is 4.95. The lowest BCUT2D eigenvalue weighted by molar-refractivity contribution is -0.123. The molecule has 2 aliphatic rings. The zero-order valence-electron chi connectivity index (χ0n) is 17.2. The number of nitrogens with zero attached hydrogens (tertiary/aromatic N) is 2. The van der Waals surface area contributed by atoms with Gasteiger partial charge in [0, 0.05) is 25.2 Å². The molecule has 1 N–H and O–H groups in total. The molecule has 32 heavy (non-hydrogen) atoms. The summed E-state index contributed by atoms with van der Waals surface area (Å²) >= 11 is 6.64. The zero-order chi connectivity index (χ0) is 22.5. The lowest BCUT2D eigenvalue weighted by Gasteiger charge is -2.22. The summed E-state index contributed by atoms with van der Waals surface area (Å²) in [4.78, 5) is 29.2. The Labute approximate surface area is 195 Å². The summed E-state index contributed by atoms with van der Waals surface area (Å²) in [6, 6.07) is 14.7. The molecule has 9 heteroatoms. The number of thioether (sulfide) groups is 1. The first-order valence-electron chi connectivity index (χ1n) is 10.2. The van der Waals surface area contributed by atoms with Crippen molar-refractivity contribution in [3.05, 3.63) is 59.0 Å². The summed E-state index contributed by atoms with van der Waals surface area (Å²) in [5, 5.41) is 9.33. The average molecular weight is 471 g/mol. The van der Waals surface area contributed by atoms with Crippen LogP contribution in [0, 0.1) is 0 Å². The fourth-order valence-electron chi connectivity index (χ4n) is 3.48. The molecule has 0 unspecified atom stereocenters. The van der Waals surface area contributed by atoms with Gasteiger partial charge in [-0.2, -0.15) is 0 Å². The molecule has 166 valence electrons. The first kappa shape index (κ1) is 22.3. The minimum Gasteiger partial charge on any atom is -0.454 e. The van der Waals surface area contributed by atoms with Gasteiger partial charge in [0.05, 0.1) is 11.5 Å². The Morgan fingerprint density at radius 2 is 1.97 bits per heavy atom. The highest BCUT2D eigenvalue weighted by Gasteiger charge is 2.32. The highest BCUT2D eigenvalue weighted by Crippen LogP contribution is 2.36. The second kappa shape index (κ2) is 10.2. The summed E-state index contributed by atoms with van der Waals surface area (Å²) in [5.74, 6) is 1.07. The van der Waals surface area contributed by atoms with Crippen molar-refractivity contribution in [1.82, 2.24) is 4.90 Å². The number of ether oxygens (including phenoxy) is 2. The normalized spacial score (nSPS) is 16.2. The third-order valence-electron chi connectivity index (χ3n) is 5.03. The second-order valence-corrected chi connectivity index (χ2v) is 8.83. The first-order chi connectivity index (χ1) is 15.6. The zero-order valence-corrected chi connectivity index (χ0v) is 18.9. The van der Waals surface area contributed by atoms with Crippen LogP contribution in [-0.4, -0.2) is 52.6 Å². The SMILES string of the molecule is O=C1C(=Cc2ccc3c(c2)OCO3)SC(=S)N1CCCC(=O)N(CCO)c1ccccc1. The molecule has 0 atom stereocenters. The number of rotatable bonds is 8. The third-order valence-corrected chi connectivity index (χ3v) is 6.41. The van der Waals surface area contributed by atoms with E-state index in [1.807, 2.05) is 48.5 Å². The number of fused-ring (bicyclic) bond motifs is 1. The molecule has 2 amide bonds. The minimum absolute atomic E-state index is 0.105. The average Bonchev–Trinajstić information content (AvgIpc) is 3.37. The molecule has 1 fully saturated rings. The maximum Gasteiger partial charge on any atom is 0.266 e. The van der Waals surface area contributed by atoms with Crippen LogP contribution in [0.2, 0.25) is 0 Å². The highest BCUT2D eigenvalue weighted by atomic mass is 32.2. The molecule has 0 saturated carbocycles. The van der Waals surface area contributed by atoms with Crippen molar-refractivity contribution in [2.24, 2.45) is 0 Å².